The second-order valence-corrected chi connectivity index (χ2v) is 6.75. The van der Waals surface area contributed by atoms with E-state index in [9.17, 15) is 14.0 Å². The van der Waals surface area contributed by atoms with Crippen LogP contribution in [0.15, 0.2) is 48.5 Å². The fourth-order valence-electron chi connectivity index (χ4n) is 3.29. The molecule has 2 aromatic carbocycles. The maximum atomic E-state index is 13.0. The van der Waals surface area contributed by atoms with Crippen molar-refractivity contribution < 1.29 is 14.0 Å². The molecule has 136 valence electrons. The number of carbonyl (C=O) groups is 2. The van der Waals surface area contributed by atoms with Crippen LogP contribution in [0.25, 0.3) is 0 Å². The Bertz CT molecular complexity index is 787. The van der Waals surface area contributed by atoms with Gasteiger partial charge in [0.2, 0.25) is 11.8 Å². The number of amides is 2. The molecule has 0 N–H and O–H groups in total. The number of carbonyl (C=O) groups excluding carboxylic acids is 2. The normalized spacial score (nSPS) is 16.8. The minimum absolute atomic E-state index is 0.0252. The van der Waals surface area contributed by atoms with Crippen molar-refractivity contribution in [1.29, 1.82) is 0 Å². The van der Waals surface area contributed by atoms with Crippen molar-refractivity contribution in [2.75, 3.05) is 18.5 Å². The molecular weight excluding hydrogens is 331 g/mol. The number of nitrogens with zero attached hydrogens (tertiary/aromatic N) is 2. The molecule has 2 aromatic rings. The molecule has 0 radical (unpaired) electrons. The zero-order valence-corrected chi connectivity index (χ0v) is 15.1. The first-order valence-electron chi connectivity index (χ1n) is 8.86. The average molecular weight is 354 g/mol. The molecule has 4 nitrogen and oxygen atoms in total. The van der Waals surface area contributed by atoms with Crippen molar-refractivity contribution >= 4 is 17.5 Å². The minimum Gasteiger partial charge on any atom is -0.341 e. The first kappa shape index (κ1) is 18.1. The van der Waals surface area contributed by atoms with E-state index in [1.807, 2.05) is 24.3 Å². The van der Waals surface area contributed by atoms with Gasteiger partial charge in [-0.2, -0.15) is 0 Å². The van der Waals surface area contributed by atoms with Crippen LogP contribution in [0.2, 0.25) is 0 Å². The summed E-state index contributed by atoms with van der Waals surface area (Å²) in [6, 6.07) is 14.0. The molecule has 26 heavy (non-hydrogen) atoms. The van der Waals surface area contributed by atoms with Crippen LogP contribution in [-0.2, 0) is 22.6 Å². The molecule has 1 unspecified atom stereocenters. The maximum Gasteiger partial charge on any atom is 0.228 e. The highest BCUT2D eigenvalue weighted by atomic mass is 19.1. The Morgan fingerprint density at radius 2 is 1.73 bits per heavy atom. The van der Waals surface area contributed by atoms with Crippen molar-refractivity contribution in [1.82, 2.24) is 4.90 Å². The molecule has 1 aliphatic heterocycles. The van der Waals surface area contributed by atoms with Crippen molar-refractivity contribution in [2.24, 2.45) is 5.92 Å². The van der Waals surface area contributed by atoms with Crippen LogP contribution in [0, 0.1) is 11.7 Å². The van der Waals surface area contributed by atoms with Gasteiger partial charge in [-0.15, -0.1) is 0 Å². The smallest absolute Gasteiger partial charge is 0.228 e. The Morgan fingerprint density at radius 3 is 2.35 bits per heavy atom. The lowest BCUT2D eigenvalue weighted by Crippen LogP contribution is -2.34. The Labute approximate surface area is 153 Å². The van der Waals surface area contributed by atoms with Gasteiger partial charge in [0.1, 0.15) is 5.82 Å². The number of halogens is 1. The zero-order valence-electron chi connectivity index (χ0n) is 15.1. The molecule has 1 atom stereocenters. The quantitative estimate of drug-likeness (QED) is 0.826. The third kappa shape index (κ3) is 3.93. The topological polar surface area (TPSA) is 40.6 Å². The molecule has 1 aliphatic rings. The van der Waals surface area contributed by atoms with Gasteiger partial charge in [0.05, 0.1) is 5.92 Å². The van der Waals surface area contributed by atoms with Crippen LogP contribution in [-0.4, -0.2) is 30.3 Å². The second-order valence-electron chi connectivity index (χ2n) is 6.75. The molecule has 1 heterocycles. The molecule has 0 bridgehead atoms. The predicted octanol–water partition coefficient (Wildman–Crippen LogP) is 3.40. The van der Waals surface area contributed by atoms with Gasteiger partial charge in [-0.1, -0.05) is 31.2 Å². The fraction of sp³-hybridized carbons (Fsp3) is 0.333. The van der Waals surface area contributed by atoms with Gasteiger partial charge in [0.25, 0.3) is 0 Å². The molecule has 0 aromatic heterocycles. The van der Waals surface area contributed by atoms with E-state index in [1.54, 1.807) is 29.0 Å². The van der Waals surface area contributed by atoms with E-state index < -0.39 is 0 Å². The summed E-state index contributed by atoms with van der Waals surface area (Å²) in [6.45, 7) is 2.88. The third-order valence-electron chi connectivity index (χ3n) is 4.84. The highest BCUT2D eigenvalue weighted by Crippen LogP contribution is 2.27. The highest BCUT2D eigenvalue weighted by Gasteiger charge is 2.36. The summed E-state index contributed by atoms with van der Waals surface area (Å²) < 4.78 is 13.0. The summed E-state index contributed by atoms with van der Waals surface area (Å²) in [5.41, 5.74) is 2.91. The fourth-order valence-corrected chi connectivity index (χ4v) is 3.29. The molecule has 0 saturated carbocycles. The summed E-state index contributed by atoms with van der Waals surface area (Å²) in [5.74, 6) is -0.731. The van der Waals surface area contributed by atoms with E-state index in [4.69, 9.17) is 0 Å². The number of hydrogen-bond donors (Lipinski definition) is 0. The summed E-state index contributed by atoms with van der Waals surface area (Å²) >= 11 is 0. The lowest BCUT2D eigenvalue weighted by Gasteiger charge is -2.21. The number of benzene rings is 2. The van der Waals surface area contributed by atoms with E-state index in [0.717, 1.165) is 17.7 Å². The third-order valence-corrected chi connectivity index (χ3v) is 4.84. The van der Waals surface area contributed by atoms with Crippen LogP contribution in [0.3, 0.4) is 0 Å². The van der Waals surface area contributed by atoms with Crippen LogP contribution in [0.1, 0.15) is 24.5 Å². The minimum atomic E-state index is -0.348. The summed E-state index contributed by atoms with van der Waals surface area (Å²) in [5, 5.41) is 0. The van der Waals surface area contributed by atoms with Gasteiger partial charge in [-0.25, -0.2) is 4.39 Å². The SMILES string of the molecule is CCc1ccc(N2CC(C(=O)N(C)Cc3ccc(F)cc3)CC2=O)cc1. The molecular formula is C21H23FN2O2. The van der Waals surface area contributed by atoms with E-state index >= 15 is 0 Å². The summed E-state index contributed by atoms with van der Waals surface area (Å²) in [7, 11) is 1.72. The Morgan fingerprint density at radius 1 is 1.12 bits per heavy atom. The lowest BCUT2D eigenvalue weighted by atomic mass is 10.1. The zero-order chi connectivity index (χ0) is 18.7. The first-order valence-corrected chi connectivity index (χ1v) is 8.86. The molecule has 0 aliphatic carbocycles. The molecule has 1 fully saturated rings. The first-order chi connectivity index (χ1) is 12.5. The Kier molecular flexibility index (Phi) is 5.35. The van der Waals surface area contributed by atoms with Gasteiger partial charge >= 0.3 is 0 Å². The number of aryl methyl sites for hydroxylation is 1. The van der Waals surface area contributed by atoms with Crippen LogP contribution >= 0.6 is 0 Å². The van der Waals surface area contributed by atoms with Crippen molar-refractivity contribution in [3.63, 3.8) is 0 Å². The van der Waals surface area contributed by atoms with Crippen LogP contribution < -0.4 is 4.90 Å². The van der Waals surface area contributed by atoms with E-state index in [0.29, 0.717) is 13.1 Å². The summed E-state index contributed by atoms with van der Waals surface area (Å²) in [4.78, 5) is 28.4. The van der Waals surface area contributed by atoms with E-state index in [2.05, 4.69) is 6.92 Å². The number of hydrogen-bond acceptors (Lipinski definition) is 2. The maximum absolute atomic E-state index is 13.0. The van der Waals surface area contributed by atoms with Gasteiger partial charge < -0.3 is 9.80 Å². The summed E-state index contributed by atoms with van der Waals surface area (Å²) in [6.07, 6.45) is 1.17. The van der Waals surface area contributed by atoms with E-state index in [-0.39, 0.29) is 30.0 Å². The largest absolute Gasteiger partial charge is 0.341 e. The Balaban J connectivity index is 1.64. The van der Waals surface area contributed by atoms with E-state index in [1.165, 1.54) is 17.7 Å². The Hall–Kier alpha value is -2.69. The molecule has 0 spiro atoms. The lowest BCUT2D eigenvalue weighted by molar-refractivity contribution is -0.135. The molecule has 3 rings (SSSR count). The average Bonchev–Trinajstić information content (AvgIpc) is 3.04. The van der Waals surface area contributed by atoms with Crippen molar-refractivity contribution in [2.45, 2.75) is 26.3 Å². The van der Waals surface area contributed by atoms with Gasteiger partial charge in [0.15, 0.2) is 0 Å². The number of anilines is 1. The van der Waals surface area contributed by atoms with Crippen molar-refractivity contribution in [3.05, 3.63) is 65.5 Å². The molecule has 5 heteroatoms. The standard InChI is InChI=1S/C21H23FN2O2/c1-3-15-6-10-19(11-7-15)24-14-17(12-20(24)25)21(26)23(2)13-16-4-8-18(22)9-5-16/h4-11,17H,3,12-14H2,1-2H3. The van der Waals surface area contributed by atoms with Crippen LogP contribution in [0.4, 0.5) is 10.1 Å². The van der Waals surface area contributed by atoms with Crippen LogP contribution in [0.5, 0.6) is 0 Å². The second kappa shape index (κ2) is 7.68. The molecule has 2 amide bonds. The van der Waals surface area contributed by atoms with Gasteiger partial charge in [0, 0.05) is 32.2 Å². The van der Waals surface area contributed by atoms with Gasteiger partial charge in [-0.3, -0.25) is 9.59 Å². The number of rotatable bonds is 5. The highest BCUT2D eigenvalue weighted by molar-refractivity contribution is 6.00. The van der Waals surface area contributed by atoms with Gasteiger partial charge in [-0.05, 0) is 41.8 Å². The molecule has 1 saturated heterocycles. The monoisotopic (exact) mass is 354 g/mol. The van der Waals surface area contributed by atoms with Crippen molar-refractivity contribution in [3.8, 4) is 0 Å². The predicted molar refractivity (Wildman–Crippen MR) is 99.2 cm³/mol.